The normalized spacial score (nSPS) is 30.5. The lowest BCUT2D eigenvalue weighted by molar-refractivity contribution is 0.0194. The number of nitrogens with zero attached hydrogens (tertiary/aromatic N) is 2. The summed E-state index contributed by atoms with van der Waals surface area (Å²) in [5.74, 6) is 0.899. The molecule has 0 spiro atoms. The number of piperidine rings is 1. The van der Waals surface area contributed by atoms with E-state index in [1.165, 1.54) is 58.3 Å². The van der Waals surface area contributed by atoms with Crippen LogP contribution < -0.4 is 5.73 Å². The number of rotatable bonds is 3. The van der Waals surface area contributed by atoms with Crippen LogP contribution >= 0.6 is 0 Å². The summed E-state index contributed by atoms with van der Waals surface area (Å²) < 4.78 is 0. The van der Waals surface area contributed by atoms with Crippen LogP contribution in [0.3, 0.4) is 0 Å². The lowest BCUT2D eigenvalue weighted by Gasteiger charge is -2.49. The monoisotopic (exact) mass is 267 g/mol. The van der Waals surface area contributed by atoms with Crippen molar-refractivity contribution in [3.63, 3.8) is 0 Å². The zero-order valence-corrected chi connectivity index (χ0v) is 13.2. The van der Waals surface area contributed by atoms with Crippen molar-refractivity contribution in [3.05, 3.63) is 0 Å². The van der Waals surface area contributed by atoms with Crippen molar-refractivity contribution >= 4 is 0 Å². The fraction of sp³-hybridized carbons (Fsp3) is 1.00. The summed E-state index contributed by atoms with van der Waals surface area (Å²) in [6, 6.07) is 0.680. The topological polar surface area (TPSA) is 32.5 Å². The van der Waals surface area contributed by atoms with Crippen LogP contribution in [0, 0.1) is 5.92 Å². The highest BCUT2D eigenvalue weighted by atomic mass is 15.2. The van der Waals surface area contributed by atoms with Gasteiger partial charge in [0.15, 0.2) is 0 Å². The lowest BCUT2D eigenvalue weighted by atomic mass is 9.85. The molecule has 2 rings (SSSR count). The molecular weight excluding hydrogens is 234 g/mol. The van der Waals surface area contributed by atoms with Crippen molar-refractivity contribution in [2.45, 2.75) is 64.5 Å². The molecule has 0 radical (unpaired) electrons. The largest absolute Gasteiger partial charge is 0.329 e. The molecule has 0 aliphatic carbocycles. The molecule has 2 fully saturated rings. The average Bonchev–Trinajstić information content (AvgIpc) is 2.64. The van der Waals surface area contributed by atoms with E-state index in [-0.39, 0.29) is 0 Å². The van der Waals surface area contributed by atoms with Crippen LogP contribution in [0.15, 0.2) is 0 Å². The van der Waals surface area contributed by atoms with Gasteiger partial charge in [-0.3, -0.25) is 4.90 Å². The first kappa shape index (κ1) is 15.3. The highest BCUT2D eigenvalue weighted by molar-refractivity contribution is 4.97. The molecule has 0 bridgehead atoms. The van der Waals surface area contributed by atoms with E-state index in [1.54, 1.807) is 0 Å². The molecule has 3 heteroatoms. The van der Waals surface area contributed by atoms with Gasteiger partial charge in [-0.2, -0.15) is 0 Å². The van der Waals surface area contributed by atoms with E-state index >= 15 is 0 Å². The summed E-state index contributed by atoms with van der Waals surface area (Å²) in [6.45, 7) is 12.8. The van der Waals surface area contributed by atoms with E-state index in [1.807, 2.05) is 0 Å². The van der Waals surface area contributed by atoms with Crippen molar-refractivity contribution in [2.24, 2.45) is 11.7 Å². The van der Waals surface area contributed by atoms with Gasteiger partial charge in [-0.1, -0.05) is 6.92 Å². The van der Waals surface area contributed by atoms with E-state index in [0.717, 1.165) is 12.5 Å². The zero-order valence-electron chi connectivity index (χ0n) is 13.2. The Bertz CT molecular complexity index is 269. The van der Waals surface area contributed by atoms with Gasteiger partial charge in [-0.25, -0.2) is 0 Å². The minimum Gasteiger partial charge on any atom is -0.329 e. The molecule has 19 heavy (non-hydrogen) atoms. The first-order valence-corrected chi connectivity index (χ1v) is 8.26. The fourth-order valence-corrected chi connectivity index (χ4v) is 3.84. The molecule has 3 nitrogen and oxygen atoms in total. The average molecular weight is 267 g/mol. The van der Waals surface area contributed by atoms with Crippen LogP contribution in [0.2, 0.25) is 0 Å². The third kappa shape index (κ3) is 3.50. The molecule has 0 aromatic carbocycles. The highest BCUT2D eigenvalue weighted by Gasteiger charge is 2.39. The van der Waals surface area contributed by atoms with Gasteiger partial charge in [-0.05, 0) is 65.0 Å². The predicted molar refractivity (Wildman–Crippen MR) is 82.3 cm³/mol. The van der Waals surface area contributed by atoms with E-state index in [9.17, 15) is 0 Å². The Morgan fingerprint density at radius 2 is 1.79 bits per heavy atom. The van der Waals surface area contributed by atoms with Crippen LogP contribution in [0.25, 0.3) is 0 Å². The maximum atomic E-state index is 6.22. The van der Waals surface area contributed by atoms with Gasteiger partial charge in [0, 0.05) is 31.2 Å². The first-order chi connectivity index (χ1) is 9.07. The van der Waals surface area contributed by atoms with Crippen molar-refractivity contribution in [3.8, 4) is 0 Å². The summed E-state index contributed by atoms with van der Waals surface area (Å²) in [4.78, 5) is 5.35. The molecule has 112 valence electrons. The molecule has 0 aromatic rings. The van der Waals surface area contributed by atoms with Gasteiger partial charge < -0.3 is 10.6 Å². The lowest BCUT2D eigenvalue weighted by Crippen LogP contribution is -2.60. The first-order valence-electron chi connectivity index (χ1n) is 8.26. The number of nitrogens with two attached hydrogens (primary N) is 1. The van der Waals surface area contributed by atoms with Crippen LogP contribution in [0.1, 0.15) is 52.9 Å². The van der Waals surface area contributed by atoms with Crippen molar-refractivity contribution in [1.29, 1.82) is 0 Å². The molecular formula is C16H33N3. The highest BCUT2D eigenvalue weighted by Crippen LogP contribution is 2.31. The number of likely N-dealkylation sites (tertiary alicyclic amines) is 2. The molecule has 0 aromatic heterocycles. The molecule has 2 N–H and O–H groups in total. The summed E-state index contributed by atoms with van der Waals surface area (Å²) in [6.07, 6.45) is 6.63. The summed E-state index contributed by atoms with van der Waals surface area (Å²) in [5, 5.41) is 0. The smallest absolute Gasteiger partial charge is 0.0356 e. The summed E-state index contributed by atoms with van der Waals surface area (Å²) in [7, 11) is 0. The van der Waals surface area contributed by atoms with Gasteiger partial charge in [0.05, 0.1) is 0 Å². The number of hydrogen-bond acceptors (Lipinski definition) is 3. The molecule has 1 unspecified atom stereocenters. The van der Waals surface area contributed by atoms with Gasteiger partial charge in [0.1, 0.15) is 0 Å². The van der Waals surface area contributed by atoms with Crippen LogP contribution in [0.5, 0.6) is 0 Å². The van der Waals surface area contributed by atoms with E-state index in [0.29, 0.717) is 11.6 Å². The Labute approximate surface area is 119 Å². The quantitative estimate of drug-likeness (QED) is 0.852. The van der Waals surface area contributed by atoms with Crippen molar-refractivity contribution in [2.75, 3.05) is 32.7 Å². The Balaban J connectivity index is 1.99. The maximum absolute atomic E-state index is 6.22. The second-order valence-electron chi connectivity index (χ2n) is 7.08. The summed E-state index contributed by atoms with van der Waals surface area (Å²) in [5.41, 5.74) is 6.52. The Morgan fingerprint density at radius 1 is 1.11 bits per heavy atom. The molecule has 2 aliphatic rings. The Hall–Kier alpha value is -0.120. The molecule has 1 atom stereocenters. The fourth-order valence-electron chi connectivity index (χ4n) is 3.84. The third-order valence-corrected chi connectivity index (χ3v) is 5.53. The Morgan fingerprint density at radius 3 is 2.37 bits per heavy atom. The maximum Gasteiger partial charge on any atom is 0.0356 e. The number of hydrogen-bond donors (Lipinski definition) is 1. The second kappa shape index (κ2) is 6.55. The van der Waals surface area contributed by atoms with Crippen LogP contribution in [0.4, 0.5) is 0 Å². The minimum absolute atomic E-state index is 0.301. The standard InChI is InChI=1S/C16H33N3/c1-14(2)18-11-7-16(13-17,8-12-18)19-9-4-5-15(3)6-10-19/h14-15H,4-13,17H2,1-3H3. The molecule has 2 heterocycles. The van der Waals surface area contributed by atoms with Gasteiger partial charge in [0.25, 0.3) is 0 Å². The van der Waals surface area contributed by atoms with Crippen molar-refractivity contribution in [1.82, 2.24) is 9.80 Å². The predicted octanol–water partition coefficient (Wildman–Crippen LogP) is 2.31. The van der Waals surface area contributed by atoms with Gasteiger partial charge in [-0.15, -0.1) is 0 Å². The van der Waals surface area contributed by atoms with Crippen molar-refractivity contribution < 1.29 is 0 Å². The summed E-state index contributed by atoms with van der Waals surface area (Å²) >= 11 is 0. The SMILES string of the molecule is CC1CCCN(C2(CN)CCN(C(C)C)CC2)CC1. The van der Waals surface area contributed by atoms with E-state index in [4.69, 9.17) is 5.73 Å². The van der Waals surface area contributed by atoms with Gasteiger partial charge >= 0.3 is 0 Å². The molecule has 0 amide bonds. The third-order valence-electron chi connectivity index (χ3n) is 5.53. The van der Waals surface area contributed by atoms with Gasteiger partial charge in [0.2, 0.25) is 0 Å². The van der Waals surface area contributed by atoms with Crippen LogP contribution in [-0.4, -0.2) is 54.1 Å². The molecule has 0 saturated carbocycles. The minimum atomic E-state index is 0.301. The molecule has 2 saturated heterocycles. The molecule has 2 aliphatic heterocycles. The second-order valence-corrected chi connectivity index (χ2v) is 7.08. The zero-order chi connectivity index (χ0) is 13.9. The van der Waals surface area contributed by atoms with E-state index in [2.05, 4.69) is 30.6 Å². The van der Waals surface area contributed by atoms with E-state index < -0.39 is 0 Å². The Kier molecular flexibility index (Phi) is 5.27. The van der Waals surface area contributed by atoms with Crippen LogP contribution in [-0.2, 0) is 0 Å².